The number of hydrogen-bond donors (Lipinski definition) is 2. The minimum Gasteiger partial charge on any atom is -0.481 e. The van der Waals surface area contributed by atoms with Crippen LogP contribution in [0.25, 0.3) is 0 Å². The number of hydrogen-bond acceptors (Lipinski definition) is 3. The van der Waals surface area contributed by atoms with Gasteiger partial charge >= 0.3 is 11.9 Å². The Morgan fingerprint density at radius 2 is 1.93 bits per heavy atom. The van der Waals surface area contributed by atoms with E-state index in [0.717, 1.165) is 0 Å². The summed E-state index contributed by atoms with van der Waals surface area (Å²) in [5, 5.41) is 17.9. The van der Waals surface area contributed by atoms with Crippen LogP contribution in [0.2, 0.25) is 0 Å². The number of carboxylic acids is 2. The molecule has 15 heavy (non-hydrogen) atoms. The van der Waals surface area contributed by atoms with Gasteiger partial charge < -0.3 is 10.2 Å². The zero-order valence-electron chi connectivity index (χ0n) is 7.75. The quantitative estimate of drug-likeness (QED) is 0.753. The number of nitrogens with zero attached hydrogens (tertiary/aromatic N) is 1. The number of rotatable bonds is 3. The van der Waals surface area contributed by atoms with Gasteiger partial charge in [0, 0.05) is 12.4 Å². The molecule has 0 bridgehead atoms. The molecule has 1 heterocycles. The number of pyridine rings is 1. The van der Waals surface area contributed by atoms with Crippen LogP contribution in [0, 0.1) is 5.92 Å². The summed E-state index contributed by atoms with van der Waals surface area (Å²) in [5.41, 5.74) is -0.730. The van der Waals surface area contributed by atoms with E-state index in [4.69, 9.17) is 10.2 Å². The molecule has 0 amide bonds. The average Bonchev–Trinajstić information content (AvgIpc) is 2.95. The second-order valence-corrected chi connectivity index (χ2v) is 3.61. The summed E-state index contributed by atoms with van der Waals surface area (Å²) < 4.78 is 0. The van der Waals surface area contributed by atoms with Gasteiger partial charge in [0.2, 0.25) is 0 Å². The van der Waals surface area contributed by atoms with Gasteiger partial charge in [0.15, 0.2) is 0 Å². The molecular weight excluding hydrogens is 198 g/mol. The molecule has 2 rings (SSSR count). The van der Waals surface area contributed by atoms with Crippen LogP contribution < -0.4 is 0 Å². The highest BCUT2D eigenvalue weighted by molar-refractivity contribution is 5.94. The minimum absolute atomic E-state index is 0.154. The summed E-state index contributed by atoms with van der Waals surface area (Å²) in [6.07, 6.45) is 3.09. The predicted molar refractivity (Wildman–Crippen MR) is 49.3 cm³/mol. The highest BCUT2D eigenvalue weighted by Crippen LogP contribution is 2.54. The van der Waals surface area contributed by atoms with E-state index in [1.165, 1.54) is 12.4 Å². The van der Waals surface area contributed by atoms with Crippen molar-refractivity contribution >= 4 is 11.9 Å². The fraction of sp³-hybridized carbons (Fsp3) is 0.300. The van der Waals surface area contributed by atoms with Gasteiger partial charge in [0.1, 0.15) is 5.41 Å². The van der Waals surface area contributed by atoms with Crippen molar-refractivity contribution in [3.8, 4) is 0 Å². The maximum Gasteiger partial charge on any atom is 0.315 e. The molecule has 5 nitrogen and oxygen atoms in total. The largest absolute Gasteiger partial charge is 0.481 e. The molecule has 0 radical (unpaired) electrons. The van der Waals surface area contributed by atoms with E-state index in [-0.39, 0.29) is 6.42 Å². The molecular formula is C10H9NO4. The summed E-state index contributed by atoms with van der Waals surface area (Å²) in [6.45, 7) is 0. The van der Waals surface area contributed by atoms with E-state index >= 15 is 0 Å². The Hall–Kier alpha value is -1.91. The second kappa shape index (κ2) is 3.05. The van der Waals surface area contributed by atoms with Crippen molar-refractivity contribution in [2.75, 3.05) is 0 Å². The fourth-order valence-electron chi connectivity index (χ4n) is 1.89. The number of carbonyl (C=O) groups is 2. The molecule has 2 unspecified atom stereocenters. The normalized spacial score (nSPS) is 28.4. The van der Waals surface area contributed by atoms with E-state index in [9.17, 15) is 9.59 Å². The van der Waals surface area contributed by atoms with Gasteiger partial charge in [-0.2, -0.15) is 0 Å². The SMILES string of the molecule is O=C(O)C1CC1(C(=O)O)c1ccncc1. The Balaban J connectivity index is 2.40. The van der Waals surface area contributed by atoms with Crippen LogP contribution in [0.1, 0.15) is 12.0 Å². The first-order valence-electron chi connectivity index (χ1n) is 4.46. The molecule has 1 fully saturated rings. The van der Waals surface area contributed by atoms with Crippen molar-refractivity contribution in [2.45, 2.75) is 11.8 Å². The van der Waals surface area contributed by atoms with E-state index in [2.05, 4.69) is 4.98 Å². The lowest BCUT2D eigenvalue weighted by Crippen LogP contribution is -2.25. The lowest BCUT2D eigenvalue weighted by molar-refractivity contribution is -0.145. The molecule has 0 aliphatic heterocycles. The molecule has 1 aliphatic carbocycles. The summed E-state index contributed by atoms with van der Waals surface area (Å²) in [6, 6.07) is 3.11. The van der Waals surface area contributed by atoms with E-state index in [0.29, 0.717) is 5.56 Å². The third kappa shape index (κ3) is 1.27. The third-order valence-electron chi connectivity index (χ3n) is 2.84. The van der Waals surface area contributed by atoms with Crippen molar-refractivity contribution < 1.29 is 19.8 Å². The van der Waals surface area contributed by atoms with Crippen molar-refractivity contribution in [3.05, 3.63) is 30.1 Å². The first-order chi connectivity index (χ1) is 7.09. The molecule has 2 atom stereocenters. The van der Waals surface area contributed by atoms with Crippen LogP contribution >= 0.6 is 0 Å². The monoisotopic (exact) mass is 207 g/mol. The van der Waals surface area contributed by atoms with Gasteiger partial charge in [-0.3, -0.25) is 14.6 Å². The summed E-state index contributed by atoms with van der Waals surface area (Å²) >= 11 is 0. The zero-order chi connectivity index (χ0) is 11.1. The van der Waals surface area contributed by atoms with Gasteiger partial charge in [0.25, 0.3) is 0 Å². The van der Waals surface area contributed by atoms with E-state index in [1.54, 1.807) is 12.1 Å². The van der Waals surface area contributed by atoms with Crippen LogP contribution in [-0.4, -0.2) is 27.1 Å². The maximum atomic E-state index is 11.1. The summed E-state index contributed by atoms with van der Waals surface area (Å²) in [5.74, 6) is -2.97. The lowest BCUT2D eigenvalue weighted by atomic mass is 9.94. The molecule has 1 saturated carbocycles. The molecule has 5 heteroatoms. The maximum absolute atomic E-state index is 11.1. The van der Waals surface area contributed by atoms with Gasteiger partial charge in [-0.05, 0) is 24.1 Å². The van der Waals surface area contributed by atoms with E-state index in [1.807, 2.05) is 0 Å². The summed E-state index contributed by atoms with van der Waals surface area (Å²) in [4.78, 5) is 25.7. The molecule has 1 aromatic heterocycles. The molecule has 1 aliphatic rings. The van der Waals surface area contributed by atoms with Crippen LogP contribution in [0.4, 0.5) is 0 Å². The topological polar surface area (TPSA) is 87.5 Å². The Labute approximate surface area is 85.4 Å². The van der Waals surface area contributed by atoms with Crippen molar-refractivity contribution in [1.82, 2.24) is 4.98 Å². The van der Waals surface area contributed by atoms with Crippen LogP contribution in [0.15, 0.2) is 24.5 Å². The average molecular weight is 207 g/mol. The first-order valence-corrected chi connectivity index (χ1v) is 4.46. The van der Waals surface area contributed by atoms with Crippen molar-refractivity contribution in [2.24, 2.45) is 5.92 Å². The number of carboxylic acid groups (broad SMARTS) is 2. The second-order valence-electron chi connectivity index (χ2n) is 3.61. The first kappa shape index (κ1) is 9.64. The van der Waals surface area contributed by atoms with Gasteiger partial charge in [0.05, 0.1) is 5.92 Å². The Bertz CT molecular complexity index is 417. The van der Waals surface area contributed by atoms with Gasteiger partial charge in [-0.1, -0.05) is 0 Å². The highest BCUT2D eigenvalue weighted by Gasteiger charge is 2.65. The molecule has 2 N–H and O–H groups in total. The molecule has 0 spiro atoms. The standard InChI is InChI=1S/C10H9NO4/c12-8(13)7-5-10(7,9(14)15)6-1-3-11-4-2-6/h1-4,7H,5H2,(H,12,13)(H,14,15). The molecule has 0 aromatic carbocycles. The fourth-order valence-corrected chi connectivity index (χ4v) is 1.89. The summed E-state index contributed by atoms with van der Waals surface area (Å²) in [7, 11) is 0. The van der Waals surface area contributed by atoms with Crippen molar-refractivity contribution in [1.29, 1.82) is 0 Å². The van der Waals surface area contributed by atoms with Crippen LogP contribution in [0.3, 0.4) is 0 Å². The molecule has 78 valence electrons. The Kier molecular flexibility index (Phi) is 1.96. The van der Waals surface area contributed by atoms with Gasteiger partial charge in [-0.15, -0.1) is 0 Å². The smallest absolute Gasteiger partial charge is 0.315 e. The third-order valence-corrected chi connectivity index (χ3v) is 2.84. The predicted octanol–water partition coefficient (Wildman–Crippen LogP) is 0.509. The van der Waals surface area contributed by atoms with E-state index < -0.39 is 23.3 Å². The van der Waals surface area contributed by atoms with Crippen LogP contribution in [0.5, 0.6) is 0 Å². The molecule has 0 saturated heterocycles. The Morgan fingerprint density at radius 3 is 2.33 bits per heavy atom. The number of aromatic nitrogens is 1. The molecule has 1 aromatic rings. The highest BCUT2D eigenvalue weighted by atomic mass is 16.4. The van der Waals surface area contributed by atoms with Crippen LogP contribution in [-0.2, 0) is 15.0 Å². The lowest BCUT2D eigenvalue weighted by Gasteiger charge is -2.10. The minimum atomic E-state index is -1.24. The van der Waals surface area contributed by atoms with Crippen molar-refractivity contribution in [3.63, 3.8) is 0 Å². The number of aliphatic carboxylic acids is 2. The zero-order valence-corrected chi connectivity index (χ0v) is 7.75. The van der Waals surface area contributed by atoms with Gasteiger partial charge in [-0.25, -0.2) is 0 Å². The Morgan fingerprint density at radius 1 is 1.33 bits per heavy atom.